The standard InChI is InChI=1S/C23H26N4O2/c1-13-5-6-19-17(9-13)10-18-22(25-19)24-12-27(23(18)29)11-20(28)26-21-15(3)7-14(2)8-16(21)4/h7-8,10,12-13H,5-6,9,11H2,1-4H3,(H,26,28)/t13-/m1/s1. The molecule has 3 aromatic rings. The molecule has 0 bridgehead atoms. The van der Waals surface area contributed by atoms with Gasteiger partial charge in [0.25, 0.3) is 5.56 Å². The average molecular weight is 390 g/mol. The summed E-state index contributed by atoms with van der Waals surface area (Å²) in [6, 6.07) is 5.98. The van der Waals surface area contributed by atoms with Gasteiger partial charge in [0.1, 0.15) is 12.9 Å². The molecule has 2 aromatic heterocycles. The lowest BCUT2D eigenvalue weighted by Gasteiger charge is -2.20. The van der Waals surface area contributed by atoms with Crippen LogP contribution >= 0.6 is 0 Å². The molecule has 0 saturated heterocycles. The highest BCUT2D eigenvalue weighted by atomic mass is 16.2. The van der Waals surface area contributed by atoms with E-state index in [2.05, 4.69) is 22.2 Å². The maximum absolute atomic E-state index is 13.0. The fourth-order valence-corrected chi connectivity index (χ4v) is 4.25. The fourth-order valence-electron chi connectivity index (χ4n) is 4.25. The van der Waals surface area contributed by atoms with E-state index in [0.717, 1.165) is 52.9 Å². The highest BCUT2D eigenvalue weighted by Gasteiger charge is 2.19. The van der Waals surface area contributed by atoms with Crippen molar-refractivity contribution in [1.82, 2.24) is 14.5 Å². The fraction of sp³-hybridized carbons (Fsp3) is 0.391. The molecular formula is C23H26N4O2. The number of aryl methyl sites for hydroxylation is 4. The summed E-state index contributed by atoms with van der Waals surface area (Å²) in [4.78, 5) is 34.5. The van der Waals surface area contributed by atoms with Crippen LogP contribution in [0, 0.1) is 26.7 Å². The molecule has 1 amide bonds. The van der Waals surface area contributed by atoms with Crippen LogP contribution in [0.5, 0.6) is 0 Å². The highest BCUT2D eigenvalue weighted by Crippen LogP contribution is 2.25. The third kappa shape index (κ3) is 3.79. The lowest BCUT2D eigenvalue weighted by molar-refractivity contribution is -0.116. The summed E-state index contributed by atoms with van der Waals surface area (Å²) in [5.74, 6) is 0.343. The monoisotopic (exact) mass is 390 g/mol. The Labute approximate surface area is 170 Å². The van der Waals surface area contributed by atoms with E-state index in [1.807, 2.05) is 39.0 Å². The van der Waals surface area contributed by atoms with Gasteiger partial charge in [-0.05, 0) is 68.7 Å². The second-order valence-electron chi connectivity index (χ2n) is 8.31. The van der Waals surface area contributed by atoms with Crippen LogP contribution in [0.1, 0.15) is 41.3 Å². The SMILES string of the molecule is Cc1cc(C)c(NC(=O)Cn2cnc3nc4c(cc3c2=O)C[C@H](C)CC4)c(C)c1. The highest BCUT2D eigenvalue weighted by molar-refractivity contribution is 5.92. The number of nitrogens with zero attached hydrogens (tertiary/aromatic N) is 3. The van der Waals surface area contributed by atoms with Crippen LogP contribution < -0.4 is 10.9 Å². The number of amides is 1. The van der Waals surface area contributed by atoms with Gasteiger partial charge in [0.15, 0.2) is 5.65 Å². The zero-order chi connectivity index (χ0) is 20.7. The minimum atomic E-state index is -0.247. The molecule has 0 fully saturated rings. The minimum absolute atomic E-state index is 0.0813. The number of pyridine rings is 1. The van der Waals surface area contributed by atoms with Crippen LogP contribution in [0.15, 0.2) is 29.3 Å². The first-order valence-corrected chi connectivity index (χ1v) is 10.1. The van der Waals surface area contributed by atoms with Crippen molar-refractivity contribution in [3.8, 4) is 0 Å². The molecule has 4 rings (SSSR count). The lowest BCUT2D eigenvalue weighted by Crippen LogP contribution is -2.29. The second-order valence-corrected chi connectivity index (χ2v) is 8.31. The van der Waals surface area contributed by atoms with E-state index < -0.39 is 0 Å². The first-order chi connectivity index (χ1) is 13.8. The molecule has 6 nitrogen and oxygen atoms in total. The topological polar surface area (TPSA) is 76.9 Å². The molecule has 1 aliphatic carbocycles. The van der Waals surface area contributed by atoms with Crippen molar-refractivity contribution in [2.24, 2.45) is 5.92 Å². The second kappa shape index (κ2) is 7.43. The smallest absolute Gasteiger partial charge is 0.263 e. The molecule has 2 heterocycles. The Hall–Kier alpha value is -3.02. The van der Waals surface area contributed by atoms with Gasteiger partial charge in [0, 0.05) is 11.4 Å². The molecule has 29 heavy (non-hydrogen) atoms. The maximum atomic E-state index is 13.0. The Morgan fingerprint density at radius 3 is 2.66 bits per heavy atom. The lowest BCUT2D eigenvalue weighted by atomic mass is 9.87. The van der Waals surface area contributed by atoms with Gasteiger partial charge in [-0.25, -0.2) is 9.97 Å². The Morgan fingerprint density at radius 2 is 1.93 bits per heavy atom. The van der Waals surface area contributed by atoms with Crippen molar-refractivity contribution in [3.05, 3.63) is 62.8 Å². The third-order valence-corrected chi connectivity index (χ3v) is 5.68. The molecule has 150 valence electrons. The van der Waals surface area contributed by atoms with Gasteiger partial charge in [-0.1, -0.05) is 24.6 Å². The van der Waals surface area contributed by atoms with Gasteiger partial charge < -0.3 is 5.32 Å². The van der Waals surface area contributed by atoms with E-state index in [1.165, 1.54) is 10.9 Å². The van der Waals surface area contributed by atoms with Crippen LogP contribution in [-0.2, 0) is 24.2 Å². The summed E-state index contributed by atoms with van der Waals surface area (Å²) in [5.41, 5.74) is 6.37. The molecular weight excluding hydrogens is 364 g/mol. The Bertz CT molecular complexity index is 1160. The molecule has 1 N–H and O–H groups in total. The summed E-state index contributed by atoms with van der Waals surface area (Å²) < 4.78 is 1.36. The van der Waals surface area contributed by atoms with E-state index in [1.54, 1.807) is 0 Å². The summed E-state index contributed by atoms with van der Waals surface area (Å²) in [6.45, 7) is 8.10. The third-order valence-electron chi connectivity index (χ3n) is 5.68. The number of rotatable bonds is 3. The Balaban J connectivity index is 1.62. The molecule has 0 aliphatic heterocycles. The number of carbonyl (C=O) groups is 1. The first kappa shape index (κ1) is 19.3. The molecule has 1 atom stereocenters. The van der Waals surface area contributed by atoms with Crippen LogP contribution in [-0.4, -0.2) is 20.4 Å². The summed E-state index contributed by atoms with van der Waals surface area (Å²) in [7, 11) is 0. The van der Waals surface area contributed by atoms with E-state index >= 15 is 0 Å². The van der Waals surface area contributed by atoms with Gasteiger partial charge in [0.05, 0.1) is 5.39 Å². The van der Waals surface area contributed by atoms with Gasteiger partial charge >= 0.3 is 0 Å². The van der Waals surface area contributed by atoms with Crippen molar-refractivity contribution in [1.29, 1.82) is 0 Å². The normalized spacial score (nSPS) is 15.9. The van der Waals surface area contributed by atoms with E-state index in [9.17, 15) is 9.59 Å². The van der Waals surface area contributed by atoms with Crippen LogP contribution in [0.4, 0.5) is 5.69 Å². The first-order valence-electron chi connectivity index (χ1n) is 10.1. The Kier molecular flexibility index (Phi) is 4.94. The number of aromatic nitrogens is 3. The molecule has 0 unspecified atom stereocenters. The van der Waals surface area contributed by atoms with Gasteiger partial charge in [0.2, 0.25) is 5.91 Å². The number of carbonyl (C=O) groups excluding carboxylic acids is 1. The number of nitrogens with one attached hydrogen (secondary N) is 1. The summed E-state index contributed by atoms with van der Waals surface area (Å²) in [5, 5.41) is 3.43. The number of hydrogen-bond donors (Lipinski definition) is 1. The van der Waals surface area contributed by atoms with Gasteiger partial charge in [-0.15, -0.1) is 0 Å². The number of benzene rings is 1. The summed E-state index contributed by atoms with van der Waals surface area (Å²) >= 11 is 0. The predicted octanol–water partition coefficient (Wildman–Crippen LogP) is 3.48. The van der Waals surface area contributed by atoms with E-state index in [-0.39, 0.29) is 18.0 Å². The molecule has 0 radical (unpaired) electrons. The molecule has 0 spiro atoms. The molecule has 6 heteroatoms. The zero-order valence-corrected chi connectivity index (χ0v) is 17.4. The molecule has 0 saturated carbocycles. The quantitative estimate of drug-likeness (QED) is 0.743. The van der Waals surface area contributed by atoms with Gasteiger partial charge in [-0.2, -0.15) is 0 Å². The average Bonchev–Trinajstić information content (AvgIpc) is 2.66. The number of fused-ring (bicyclic) bond motifs is 2. The van der Waals surface area contributed by atoms with E-state index in [0.29, 0.717) is 17.0 Å². The van der Waals surface area contributed by atoms with Crippen LogP contribution in [0.25, 0.3) is 11.0 Å². The molecule has 1 aromatic carbocycles. The predicted molar refractivity (Wildman–Crippen MR) is 114 cm³/mol. The Morgan fingerprint density at radius 1 is 1.21 bits per heavy atom. The van der Waals surface area contributed by atoms with E-state index in [4.69, 9.17) is 0 Å². The largest absolute Gasteiger partial charge is 0.324 e. The van der Waals surface area contributed by atoms with Crippen molar-refractivity contribution < 1.29 is 4.79 Å². The van der Waals surface area contributed by atoms with Gasteiger partial charge in [-0.3, -0.25) is 14.2 Å². The zero-order valence-electron chi connectivity index (χ0n) is 17.4. The number of anilines is 1. The maximum Gasteiger partial charge on any atom is 0.263 e. The van der Waals surface area contributed by atoms with Crippen molar-refractivity contribution in [2.45, 2.75) is 53.5 Å². The van der Waals surface area contributed by atoms with Crippen molar-refractivity contribution in [2.75, 3.05) is 5.32 Å². The van der Waals surface area contributed by atoms with Crippen LogP contribution in [0.3, 0.4) is 0 Å². The van der Waals surface area contributed by atoms with Crippen molar-refractivity contribution >= 4 is 22.6 Å². The summed E-state index contributed by atoms with van der Waals surface area (Å²) in [6.07, 6.45) is 4.39. The van der Waals surface area contributed by atoms with Crippen LogP contribution in [0.2, 0.25) is 0 Å². The molecule has 1 aliphatic rings. The number of hydrogen-bond acceptors (Lipinski definition) is 4. The minimum Gasteiger partial charge on any atom is -0.324 e. The van der Waals surface area contributed by atoms with Crippen molar-refractivity contribution in [3.63, 3.8) is 0 Å².